The number of anilines is 1. The number of rotatable bonds is 2. The molecule has 1 heterocycles. The van der Waals surface area contributed by atoms with Gasteiger partial charge in [0.25, 0.3) is 5.91 Å². The third-order valence-electron chi connectivity index (χ3n) is 3.74. The molecule has 0 fully saturated rings. The summed E-state index contributed by atoms with van der Waals surface area (Å²) in [6, 6.07) is 9.36. The Morgan fingerprint density at radius 3 is 2.62 bits per heavy atom. The van der Waals surface area contributed by atoms with Gasteiger partial charge in [0.15, 0.2) is 6.61 Å². The van der Waals surface area contributed by atoms with E-state index in [4.69, 9.17) is 4.74 Å². The molecule has 3 rings (SSSR count). The second-order valence-electron chi connectivity index (χ2n) is 5.40. The Bertz CT molecular complexity index is 699. The minimum atomic E-state index is -0.125. The highest BCUT2D eigenvalue weighted by molar-refractivity contribution is 5.95. The van der Waals surface area contributed by atoms with Crippen molar-refractivity contribution in [1.82, 2.24) is 0 Å². The maximum absolute atomic E-state index is 11.3. The Hall–Kier alpha value is -2.49. The van der Waals surface area contributed by atoms with E-state index < -0.39 is 0 Å². The zero-order chi connectivity index (χ0) is 15.0. The third kappa shape index (κ3) is 2.70. The van der Waals surface area contributed by atoms with Crippen LogP contribution in [0.4, 0.5) is 5.69 Å². The third-order valence-corrected chi connectivity index (χ3v) is 3.74. The van der Waals surface area contributed by atoms with Gasteiger partial charge in [-0.25, -0.2) is 0 Å². The molecule has 0 spiro atoms. The van der Waals surface area contributed by atoms with E-state index in [0.29, 0.717) is 17.2 Å². The Balaban J connectivity index is 1.91. The molecule has 2 aromatic carbocycles. The summed E-state index contributed by atoms with van der Waals surface area (Å²) in [4.78, 5) is 11.3. The molecule has 4 nitrogen and oxygen atoms in total. The van der Waals surface area contributed by atoms with Crippen molar-refractivity contribution in [2.45, 2.75) is 20.3 Å². The molecule has 21 heavy (non-hydrogen) atoms. The zero-order valence-corrected chi connectivity index (χ0v) is 12.1. The van der Waals surface area contributed by atoms with Gasteiger partial charge in [0.1, 0.15) is 11.5 Å². The lowest BCUT2D eigenvalue weighted by Crippen LogP contribution is -2.25. The van der Waals surface area contributed by atoms with E-state index in [2.05, 4.69) is 5.32 Å². The van der Waals surface area contributed by atoms with Crippen molar-refractivity contribution in [2.75, 3.05) is 11.9 Å². The summed E-state index contributed by atoms with van der Waals surface area (Å²) < 4.78 is 5.44. The molecule has 1 amide bonds. The number of aromatic hydroxyl groups is 1. The lowest BCUT2D eigenvalue weighted by molar-refractivity contribution is -0.118. The summed E-state index contributed by atoms with van der Waals surface area (Å²) in [5.41, 5.74) is 5.17. The van der Waals surface area contributed by atoms with Crippen LogP contribution in [-0.4, -0.2) is 17.6 Å². The van der Waals surface area contributed by atoms with Crippen molar-refractivity contribution in [3.63, 3.8) is 0 Å². The second-order valence-corrected chi connectivity index (χ2v) is 5.40. The zero-order valence-electron chi connectivity index (χ0n) is 12.1. The van der Waals surface area contributed by atoms with Crippen LogP contribution in [0.5, 0.6) is 11.5 Å². The molecule has 0 bridgehead atoms. The van der Waals surface area contributed by atoms with Gasteiger partial charge in [-0.05, 0) is 66.8 Å². The Kier molecular flexibility index (Phi) is 3.29. The van der Waals surface area contributed by atoms with Crippen molar-refractivity contribution in [2.24, 2.45) is 0 Å². The normalized spacial score (nSPS) is 13.3. The lowest BCUT2D eigenvalue weighted by atomic mass is 9.95. The molecule has 0 atom stereocenters. The van der Waals surface area contributed by atoms with Crippen LogP contribution in [0.2, 0.25) is 0 Å². The maximum Gasteiger partial charge on any atom is 0.262 e. The number of carbonyl (C=O) groups excluding carboxylic acids is 1. The number of hydrogen-bond donors (Lipinski definition) is 2. The summed E-state index contributed by atoms with van der Waals surface area (Å²) in [7, 11) is 0. The fourth-order valence-corrected chi connectivity index (χ4v) is 2.68. The maximum atomic E-state index is 11.3. The van der Waals surface area contributed by atoms with Gasteiger partial charge in [-0.2, -0.15) is 0 Å². The number of carbonyl (C=O) groups is 1. The molecule has 2 aromatic rings. The van der Waals surface area contributed by atoms with Gasteiger partial charge < -0.3 is 15.2 Å². The van der Waals surface area contributed by atoms with Gasteiger partial charge in [0, 0.05) is 0 Å². The monoisotopic (exact) mass is 283 g/mol. The summed E-state index contributed by atoms with van der Waals surface area (Å²) >= 11 is 0. The molecule has 0 saturated heterocycles. The molecule has 1 aliphatic rings. The highest BCUT2D eigenvalue weighted by atomic mass is 16.5. The average Bonchev–Trinajstić information content (AvgIpc) is 2.43. The lowest BCUT2D eigenvalue weighted by Gasteiger charge is -2.19. The Labute approximate surface area is 123 Å². The molecular formula is C17H17NO3. The van der Waals surface area contributed by atoms with Gasteiger partial charge in [0.2, 0.25) is 0 Å². The van der Waals surface area contributed by atoms with E-state index in [1.165, 1.54) is 5.56 Å². The molecule has 4 heteroatoms. The predicted octanol–water partition coefficient (Wildman–Crippen LogP) is 2.93. The fraction of sp³-hybridized carbons (Fsp3) is 0.235. The smallest absolute Gasteiger partial charge is 0.262 e. The van der Waals surface area contributed by atoms with Crippen molar-refractivity contribution in [3.8, 4) is 11.5 Å². The number of aryl methyl sites for hydroxylation is 2. The average molecular weight is 283 g/mol. The number of phenols is 1. The molecule has 0 radical (unpaired) electrons. The van der Waals surface area contributed by atoms with Crippen LogP contribution in [0, 0.1) is 13.8 Å². The summed E-state index contributed by atoms with van der Waals surface area (Å²) in [5, 5.41) is 12.4. The second kappa shape index (κ2) is 5.13. The molecule has 108 valence electrons. The van der Waals surface area contributed by atoms with Crippen LogP contribution >= 0.6 is 0 Å². The largest absolute Gasteiger partial charge is 0.508 e. The molecule has 1 aliphatic heterocycles. The van der Waals surface area contributed by atoms with Crippen molar-refractivity contribution in [3.05, 3.63) is 52.6 Å². The van der Waals surface area contributed by atoms with E-state index in [0.717, 1.165) is 23.1 Å². The van der Waals surface area contributed by atoms with Crippen molar-refractivity contribution >= 4 is 11.6 Å². The molecule has 0 aromatic heterocycles. The molecule has 2 N–H and O–H groups in total. The van der Waals surface area contributed by atoms with Crippen LogP contribution in [0.3, 0.4) is 0 Å². The highest BCUT2D eigenvalue weighted by Gasteiger charge is 2.16. The number of hydrogen-bond acceptors (Lipinski definition) is 3. The van der Waals surface area contributed by atoms with Gasteiger partial charge >= 0.3 is 0 Å². The molecular weight excluding hydrogens is 266 g/mol. The number of ether oxygens (including phenoxy) is 1. The number of nitrogens with one attached hydrogen (secondary N) is 1. The first-order valence-corrected chi connectivity index (χ1v) is 6.87. The fourth-order valence-electron chi connectivity index (χ4n) is 2.68. The van der Waals surface area contributed by atoms with Gasteiger partial charge in [-0.3, -0.25) is 4.79 Å². The van der Waals surface area contributed by atoms with Gasteiger partial charge in [-0.1, -0.05) is 6.07 Å². The number of benzene rings is 2. The van der Waals surface area contributed by atoms with E-state index in [-0.39, 0.29) is 12.5 Å². The quantitative estimate of drug-likeness (QED) is 0.891. The first-order valence-electron chi connectivity index (χ1n) is 6.87. The van der Waals surface area contributed by atoms with Gasteiger partial charge in [0.05, 0.1) is 5.69 Å². The summed E-state index contributed by atoms with van der Waals surface area (Å²) in [6.07, 6.45) is 0.766. The van der Waals surface area contributed by atoms with Crippen LogP contribution in [-0.2, 0) is 11.2 Å². The minimum Gasteiger partial charge on any atom is -0.508 e. The minimum absolute atomic E-state index is 0.0632. The predicted molar refractivity (Wildman–Crippen MR) is 81.0 cm³/mol. The molecule has 0 unspecified atom stereocenters. The van der Waals surface area contributed by atoms with Crippen molar-refractivity contribution < 1.29 is 14.6 Å². The Morgan fingerprint density at radius 1 is 1.19 bits per heavy atom. The van der Waals surface area contributed by atoms with Crippen LogP contribution in [0.25, 0.3) is 0 Å². The first-order chi connectivity index (χ1) is 10.0. The molecule has 0 saturated carbocycles. The standard InChI is InChI=1S/C17H17NO3/c1-10-5-13(19)6-11(2)14(10)7-12-3-4-15-16(8-12)21-9-17(20)18-15/h3-6,8,19H,7,9H2,1-2H3,(H,18,20). The van der Waals surface area contributed by atoms with E-state index >= 15 is 0 Å². The van der Waals surface area contributed by atoms with Gasteiger partial charge in [-0.15, -0.1) is 0 Å². The number of amides is 1. The van der Waals surface area contributed by atoms with E-state index in [1.807, 2.05) is 32.0 Å². The summed E-state index contributed by atoms with van der Waals surface area (Å²) in [6.45, 7) is 4.06. The highest BCUT2D eigenvalue weighted by Crippen LogP contribution is 2.30. The van der Waals surface area contributed by atoms with Crippen LogP contribution in [0.15, 0.2) is 30.3 Å². The summed E-state index contributed by atoms with van der Waals surface area (Å²) in [5.74, 6) is 0.881. The van der Waals surface area contributed by atoms with Crippen LogP contribution < -0.4 is 10.1 Å². The first kappa shape index (κ1) is 13.5. The van der Waals surface area contributed by atoms with Crippen molar-refractivity contribution in [1.29, 1.82) is 0 Å². The number of fused-ring (bicyclic) bond motifs is 1. The van der Waals surface area contributed by atoms with E-state index in [1.54, 1.807) is 12.1 Å². The molecule has 0 aliphatic carbocycles. The Morgan fingerprint density at radius 2 is 1.90 bits per heavy atom. The van der Waals surface area contributed by atoms with Crippen LogP contribution in [0.1, 0.15) is 22.3 Å². The number of phenolic OH excluding ortho intramolecular Hbond substituents is 1. The topological polar surface area (TPSA) is 58.6 Å². The SMILES string of the molecule is Cc1cc(O)cc(C)c1Cc1ccc2c(c1)OCC(=O)N2. The van der Waals surface area contributed by atoms with E-state index in [9.17, 15) is 9.90 Å².